The van der Waals surface area contributed by atoms with Gasteiger partial charge in [-0.2, -0.15) is 0 Å². The maximum absolute atomic E-state index is 14.4. The molecule has 1 atom stereocenters. The van der Waals surface area contributed by atoms with Gasteiger partial charge in [-0.15, -0.1) is 0 Å². The summed E-state index contributed by atoms with van der Waals surface area (Å²) in [7, 11) is 0. The Morgan fingerprint density at radius 3 is 2.47 bits per heavy atom. The van der Waals surface area contributed by atoms with Crippen molar-refractivity contribution < 1.29 is 23.4 Å². The van der Waals surface area contributed by atoms with Crippen molar-refractivity contribution in [3.05, 3.63) is 76.9 Å². The second-order valence-corrected chi connectivity index (χ2v) is 9.47. The van der Waals surface area contributed by atoms with Gasteiger partial charge in [-0.1, -0.05) is 30.9 Å². The molecule has 36 heavy (non-hydrogen) atoms. The first-order valence-corrected chi connectivity index (χ1v) is 12.2. The van der Waals surface area contributed by atoms with Gasteiger partial charge in [0, 0.05) is 35.0 Å². The van der Waals surface area contributed by atoms with Gasteiger partial charge in [0.2, 0.25) is 5.88 Å². The lowest BCUT2D eigenvalue weighted by atomic mass is 9.83. The Kier molecular flexibility index (Phi) is 6.87. The summed E-state index contributed by atoms with van der Waals surface area (Å²) in [5.74, 6) is -1.89. The molecule has 0 amide bonds. The molecule has 2 aromatic heterocycles. The molecule has 4 aromatic rings. The molecule has 1 fully saturated rings. The second kappa shape index (κ2) is 10.2. The molecule has 1 unspecified atom stereocenters. The number of carboxylic acids is 1. The third-order valence-corrected chi connectivity index (χ3v) is 7.00. The van der Waals surface area contributed by atoms with Crippen molar-refractivity contribution in [2.75, 3.05) is 6.61 Å². The van der Waals surface area contributed by atoms with Crippen molar-refractivity contribution >= 4 is 28.6 Å². The zero-order valence-corrected chi connectivity index (χ0v) is 20.1. The first kappa shape index (κ1) is 24.2. The van der Waals surface area contributed by atoms with Gasteiger partial charge in [0.25, 0.3) is 0 Å². The van der Waals surface area contributed by atoms with Crippen LogP contribution in [-0.4, -0.2) is 32.2 Å². The average Bonchev–Trinajstić information content (AvgIpc) is 3.23. The highest BCUT2D eigenvalue weighted by atomic mass is 35.5. The Hall–Kier alpha value is -3.52. The van der Waals surface area contributed by atoms with Gasteiger partial charge < -0.3 is 14.4 Å². The summed E-state index contributed by atoms with van der Waals surface area (Å²) in [6.45, 7) is 0.204. The van der Waals surface area contributed by atoms with E-state index >= 15 is 0 Å². The number of fused-ring (bicyclic) bond motifs is 1. The van der Waals surface area contributed by atoms with Crippen molar-refractivity contribution in [3.8, 4) is 17.3 Å². The van der Waals surface area contributed by atoms with E-state index in [1.54, 1.807) is 12.1 Å². The Bertz CT molecular complexity index is 1380. The van der Waals surface area contributed by atoms with E-state index in [-0.39, 0.29) is 30.0 Å². The van der Waals surface area contributed by atoms with Crippen LogP contribution < -0.4 is 4.74 Å². The Morgan fingerprint density at radius 2 is 1.81 bits per heavy atom. The Morgan fingerprint density at radius 1 is 1.08 bits per heavy atom. The van der Waals surface area contributed by atoms with Gasteiger partial charge in [-0.25, -0.2) is 23.5 Å². The maximum atomic E-state index is 14.4. The number of pyridine rings is 1. The zero-order chi connectivity index (χ0) is 25.2. The minimum absolute atomic E-state index is 0.0642. The fourth-order valence-electron chi connectivity index (χ4n) is 4.93. The highest BCUT2D eigenvalue weighted by Crippen LogP contribution is 2.39. The summed E-state index contributed by atoms with van der Waals surface area (Å²) < 4.78 is 36.6. The summed E-state index contributed by atoms with van der Waals surface area (Å²) >= 11 is 6.10. The predicted octanol–water partition coefficient (Wildman–Crippen LogP) is 6.93. The smallest absolute Gasteiger partial charge is 0.337 e. The fourth-order valence-corrected chi connectivity index (χ4v) is 5.06. The molecule has 0 aliphatic heterocycles. The zero-order valence-electron chi connectivity index (χ0n) is 19.3. The van der Waals surface area contributed by atoms with Crippen LogP contribution in [0.15, 0.2) is 54.7 Å². The standard InChI is InChI=1S/C27H24ClF2N3O3/c28-19-9-6-17(7-10-19)26-32-22-12-20(29)21(30)13-23(22)33(26)24(16-4-2-1-3-5-16)15-36-25-11-8-18(14-31-25)27(34)35/h6-14,16,24H,1-5,15H2,(H,34,35). The van der Waals surface area contributed by atoms with E-state index in [9.17, 15) is 13.6 Å². The van der Waals surface area contributed by atoms with E-state index in [1.165, 1.54) is 24.4 Å². The van der Waals surface area contributed by atoms with E-state index < -0.39 is 17.6 Å². The molecule has 6 nitrogen and oxygen atoms in total. The van der Waals surface area contributed by atoms with Crippen molar-refractivity contribution in [2.45, 2.75) is 38.1 Å². The molecule has 0 spiro atoms. The van der Waals surface area contributed by atoms with Crippen molar-refractivity contribution in [3.63, 3.8) is 0 Å². The third kappa shape index (κ3) is 4.91. The van der Waals surface area contributed by atoms with Crippen LogP contribution in [0.5, 0.6) is 5.88 Å². The summed E-state index contributed by atoms with van der Waals surface area (Å²) in [5, 5.41) is 9.70. The molecule has 1 aliphatic rings. The number of rotatable bonds is 7. The van der Waals surface area contributed by atoms with Gasteiger partial charge in [0.05, 0.1) is 22.6 Å². The average molecular weight is 512 g/mol. The largest absolute Gasteiger partial charge is 0.478 e. The molecular weight excluding hydrogens is 488 g/mol. The number of benzene rings is 2. The molecule has 186 valence electrons. The summed E-state index contributed by atoms with van der Waals surface area (Å²) in [5.41, 5.74) is 1.66. The first-order valence-electron chi connectivity index (χ1n) is 11.9. The Balaban J connectivity index is 1.60. The number of aromatic nitrogens is 3. The minimum Gasteiger partial charge on any atom is -0.478 e. The van der Waals surface area contributed by atoms with Crippen LogP contribution in [0.3, 0.4) is 0 Å². The van der Waals surface area contributed by atoms with Crippen LogP contribution >= 0.6 is 11.6 Å². The lowest BCUT2D eigenvalue weighted by Gasteiger charge is -2.32. The number of ether oxygens (including phenoxy) is 1. The van der Waals surface area contributed by atoms with E-state index in [4.69, 9.17) is 26.4 Å². The second-order valence-electron chi connectivity index (χ2n) is 9.03. The maximum Gasteiger partial charge on any atom is 0.337 e. The van der Waals surface area contributed by atoms with Crippen LogP contribution in [0.1, 0.15) is 48.5 Å². The van der Waals surface area contributed by atoms with Crippen molar-refractivity contribution in [1.82, 2.24) is 14.5 Å². The van der Waals surface area contributed by atoms with Crippen molar-refractivity contribution in [2.24, 2.45) is 5.92 Å². The van der Waals surface area contributed by atoms with Gasteiger partial charge in [-0.3, -0.25) is 0 Å². The normalized spacial score (nSPS) is 15.2. The quantitative estimate of drug-likeness (QED) is 0.291. The van der Waals surface area contributed by atoms with Gasteiger partial charge >= 0.3 is 5.97 Å². The first-order chi connectivity index (χ1) is 17.4. The molecule has 1 saturated carbocycles. The summed E-state index contributed by atoms with van der Waals surface area (Å²) in [6.07, 6.45) is 6.46. The molecule has 2 heterocycles. The van der Waals surface area contributed by atoms with E-state index in [0.717, 1.165) is 43.7 Å². The number of aromatic carboxylic acids is 1. The van der Waals surface area contributed by atoms with Gasteiger partial charge in [0.15, 0.2) is 11.6 Å². The monoisotopic (exact) mass is 511 g/mol. The van der Waals surface area contributed by atoms with E-state index in [2.05, 4.69) is 4.98 Å². The van der Waals surface area contributed by atoms with Gasteiger partial charge in [0.1, 0.15) is 12.4 Å². The van der Waals surface area contributed by atoms with Crippen LogP contribution in [0, 0.1) is 17.6 Å². The molecule has 1 N–H and O–H groups in total. The number of hydrogen-bond acceptors (Lipinski definition) is 4. The number of carbonyl (C=O) groups is 1. The SMILES string of the molecule is O=C(O)c1ccc(OCC(C2CCCCC2)n2c(-c3ccc(Cl)cc3)nc3cc(F)c(F)cc32)nc1. The van der Waals surface area contributed by atoms with Crippen LogP contribution in [-0.2, 0) is 0 Å². The molecule has 2 aromatic carbocycles. The van der Waals surface area contributed by atoms with E-state index in [0.29, 0.717) is 21.9 Å². The number of halogens is 3. The highest BCUT2D eigenvalue weighted by Gasteiger charge is 2.30. The van der Waals surface area contributed by atoms with Crippen LogP contribution in [0.25, 0.3) is 22.4 Å². The topological polar surface area (TPSA) is 77.2 Å². The fraction of sp³-hybridized carbons (Fsp3) is 0.296. The molecule has 9 heteroatoms. The third-order valence-electron chi connectivity index (χ3n) is 6.74. The molecule has 0 bridgehead atoms. The lowest BCUT2D eigenvalue weighted by Crippen LogP contribution is -2.28. The number of nitrogens with zero attached hydrogens (tertiary/aromatic N) is 3. The summed E-state index contributed by atoms with van der Waals surface area (Å²) in [4.78, 5) is 20.0. The van der Waals surface area contributed by atoms with Crippen LogP contribution in [0.2, 0.25) is 5.02 Å². The number of hydrogen-bond donors (Lipinski definition) is 1. The molecule has 0 saturated heterocycles. The van der Waals surface area contributed by atoms with E-state index in [1.807, 2.05) is 16.7 Å². The number of imidazole rings is 1. The lowest BCUT2D eigenvalue weighted by molar-refractivity contribution is 0.0696. The Labute approximate surface area is 211 Å². The minimum atomic E-state index is -1.07. The van der Waals surface area contributed by atoms with Crippen LogP contribution in [0.4, 0.5) is 8.78 Å². The number of carboxylic acid groups (broad SMARTS) is 1. The van der Waals surface area contributed by atoms with Gasteiger partial charge in [-0.05, 0) is 49.1 Å². The molecular formula is C27H24ClF2N3O3. The van der Waals surface area contributed by atoms with Crippen molar-refractivity contribution in [1.29, 1.82) is 0 Å². The summed E-state index contributed by atoms with van der Waals surface area (Å²) in [6, 6.07) is 12.2. The highest BCUT2D eigenvalue weighted by molar-refractivity contribution is 6.30. The molecule has 0 radical (unpaired) electrons. The predicted molar refractivity (Wildman–Crippen MR) is 132 cm³/mol. The molecule has 5 rings (SSSR count). The molecule has 1 aliphatic carbocycles.